The Balaban J connectivity index is 1.19. The lowest BCUT2D eigenvalue weighted by Crippen LogP contribution is -2.03. The van der Waals surface area contributed by atoms with Crippen molar-refractivity contribution in [2.24, 2.45) is 30.7 Å². The summed E-state index contributed by atoms with van der Waals surface area (Å²) in [6, 6.07) is 22.2. The van der Waals surface area contributed by atoms with Crippen molar-refractivity contribution in [2.75, 3.05) is 5.73 Å². The number of hydrogen-bond acceptors (Lipinski definition) is 23. The molecule has 6 aromatic carbocycles. The minimum absolute atomic E-state index is 0.0258. The molecule has 24 nitrogen and oxygen atoms in total. The first-order chi connectivity index (χ1) is 32.0. The van der Waals surface area contributed by atoms with Gasteiger partial charge < -0.3 is 15.9 Å². The van der Waals surface area contributed by atoms with Gasteiger partial charge in [-0.3, -0.25) is 14.1 Å². The van der Waals surface area contributed by atoms with Gasteiger partial charge in [0.05, 0.1) is 68.3 Å². The second-order valence-corrected chi connectivity index (χ2v) is 17.9. The van der Waals surface area contributed by atoms with Gasteiger partial charge in [-0.15, -0.1) is 39.4 Å². The molecule has 0 aliphatic rings. The zero-order valence-electron chi connectivity index (χ0n) is 33.0. The summed E-state index contributed by atoms with van der Waals surface area (Å²) in [7, 11) is -9.57. The van der Waals surface area contributed by atoms with Gasteiger partial charge >= 0.3 is 5.97 Å². The molecular formula is C39H25N9O15S4. The van der Waals surface area contributed by atoms with Crippen LogP contribution in [0.15, 0.2) is 154 Å². The van der Waals surface area contributed by atoms with Gasteiger partial charge in [0.1, 0.15) is 33.2 Å². The van der Waals surface area contributed by atoms with Crippen molar-refractivity contribution >= 4 is 133 Å². The van der Waals surface area contributed by atoms with E-state index in [-0.39, 0.29) is 66.1 Å². The maximum absolute atomic E-state index is 12.3. The van der Waals surface area contributed by atoms with E-state index < -0.39 is 47.4 Å². The van der Waals surface area contributed by atoms with Crippen molar-refractivity contribution in [3.8, 4) is 5.75 Å². The summed E-state index contributed by atoms with van der Waals surface area (Å²) in [4.78, 5) is 20.0. The summed E-state index contributed by atoms with van der Waals surface area (Å²) in [5.41, 5.74) is 6.28. The van der Waals surface area contributed by atoms with Crippen molar-refractivity contribution in [1.82, 2.24) is 9.97 Å². The van der Waals surface area contributed by atoms with Crippen LogP contribution in [0.25, 0.3) is 43.4 Å². The standard InChI is InChI=1S/C39H25N9O15S4/c40-27-16-25-18(14-35(27)67(57,58)59)13-34(65-63-61-53)37(38(25)49)48-46-31-8-7-29(23-3-2-22(15-26(23)31)66(54,55)56)45-47-32-10-9-30(24-4-6-33(39(50)51)42-36(24)32)44-43-20-11-19-12-21(64-62-60-52)1-5-28(19)41-17-20/h1-17,49,52-53H,40H2,(H,50,51)(H,54,55,56)(H,57,58,59)/b44-43+,47-45+,48-46+. The number of anilines is 1. The van der Waals surface area contributed by atoms with Gasteiger partial charge in [-0.2, -0.15) is 16.8 Å². The monoisotopic (exact) mass is 987 g/mol. The maximum atomic E-state index is 12.3. The van der Waals surface area contributed by atoms with Crippen LogP contribution in [0.2, 0.25) is 0 Å². The quantitative estimate of drug-likeness (QED) is 0.0125. The Labute approximate surface area is 382 Å². The molecule has 28 heteroatoms. The molecule has 0 aliphatic carbocycles. The van der Waals surface area contributed by atoms with Crippen molar-refractivity contribution in [2.45, 2.75) is 19.6 Å². The predicted molar refractivity (Wildman–Crippen MR) is 238 cm³/mol. The van der Waals surface area contributed by atoms with E-state index in [1.165, 1.54) is 48.7 Å². The minimum atomic E-state index is -4.79. The van der Waals surface area contributed by atoms with Gasteiger partial charge in [-0.05, 0) is 96.4 Å². The molecule has 0 fully saturated rings. The first-order valence-electron chi connectivity index (χ1n) is 18.2. The number of pyridine rings is 2. The number of carbonyl (C=O) groups is 1. The van der Waals surface area contributed by atoms with Crippen LogP contribution in [0.3, 0.4) is 0 Å². The molecule has 0 atom stereocenters. The van der Waals surface area contributed by atoms with Gasteiger partial charge in [-0.1, -0.05) is 16.1 Å². The molecule has 2 aromatic heterocycles. The fraction of sp³-hybridized carbons (Fsp3) is 0. The predicted octanol–water partition coefficient (Wildman–Crippen LogP) is 10.7. The summed E-state index contributed by atoms with van der Waals surface area (Å²) in [6.45, 7) is 0. The Morgan fingerprint density at radius 2 is 1.30 bits per heavy atom. The topological polar surface area (TPSA) is 370 Å². The summed E-state index contributed by atoms with van der Waals surface area (Å²) in [5, 5.41) is 72.8. The van der Waals surface area contributed by atoms with Gasteiger partial charge in [0.2, 0.25) is 0 Å². The molecule has 340 valence electrons. The SMILES string of the molecule is Nc1cc2c(O)c(/N=N/c3ccc(/N=N/c4ccc(/N=N/c5cnc6ccc(SOOO)cc6c5)c5ccc(C(=O)O)nc45)c4ccc(S(=O)(=O)O)cc34)c(SOOO)cc2cc1S(=O)(=O)O. The highest BCUT2D eigenvalue weighted by molar-refractivity contribution is 7.95. The smallest absolute Gasteiger partial charge is 0.354 e. The molecule has 0 amide bonds. The highest BCUT2D eigenvalue weighted by Crippen LogP contribution is 2.46. The number of carboxylic acid groups (broad SMARTS) is 1. The number of benzene rings is 6. The zero-order chi connectivity index (χ0) is 47.6. The number of aromatic nitrogens is 2. The highest BCUT2D eigenvalue weighted by atomic mass is 32.2. The number of fused-ring (bicyclic) bond motifs is 4. The number of phenols is 1. The van der Waals surface area contributed by atoms with Gasteiger partial charge in [0, 0.05) is 31.8 Å². The molecule has 0 bridgehead atoms. The van der Waals surface area contributed by atoms with Crippen molar-refractivity contribution in [3.63, 3.8) is 0 Å². The molecule has 2 heterocycles. The van der Waals surface area contributed by atoms with E-state index in [0.29, 0.717) is 38.9 Å². The molecule has 8 N–H and O–H groups in total. The number of nitrogen functional groups attached to an aromatic ring is 1. The summed E-state index contributed by atoms with van der Waals surface area (Å²) < 4.78 is 76.9. The molecule has 0 saturated carbocycles. The number of nitrogens with two attached hydrogens (primary N) is 1. The van der Waals surface area contributed by atoms with E-state index >= 15 is 0 Å². The first kappa shape index (κ1) is 46.3. The average molecular weight is 988 g/mol. The molecule has 0 spiro atoms. The molecule has 8 rings (SSSR count). The normalized spacial score (nSPS) is 12.5. The number of carboxylic acids is 1. The van der Waals surface area contributed by atoms with Crippen molar-refractivity contribution < 1.29 is 70.2 Å². The molecule has 0 unspecified atom stereocenters. The zero-order valence-corrected chi connectivity index (χ0v) is 36.2. The van der Waals surface area contributed by atoms with Crippen LogP contribution in [-0.2, 0) is 39.0 Å². The second-order valence-electron chi connectivity index (χ2n) is 13.5. The molecular weight excluding hydrogens is 963 g/mol. The van der Waals surface area contributed by atoms with Crippen LogP contribution in [0.5, 0.6) is 5.75 Å². The fourth-order valence-electron chi connectivity index (χ4n) is 6.51. The first-order valence-corrected chi connectivity index (χ1v) is 22.6. The third kappa shape index (κ3) is 9.99. The van der Waals surface area contributed by atoms with Crippen LogP contribution in [0, 0.1) is 0 Å². The molecule has 0 radical (unpaired) electrons. The van der Waals surface area contributed by atoms with E-state index in [1.54, 1.807) is 30.3 Å². The number of phenolic OH excluding ortho intramolecular Hbond substituents is 1. The van der Waals surface area contributed by atoms with E-state index in [0.717, 1.165) is 36.3 Å². The number of aromatic hydroxyl groups is 1. The van der Waals surface area contributed by atoms with Gasteiger partial charge in [0.15, 0.2) is 5.75 Å². The van der Waals surface area contributed by atoms with Crippen LogP contribution >= 0.6 is 24.1 Å². The average Bonchev–Trinajstić information content (AvgIpc) is 3.30. The van der Waals surface area contributed by atoms with Crippen LogP contribution in [0.1, 0.15) is 10.5 Å². The molecule has 0 aliphatic heterocycles. The van der Waals surface area contributed by atoms with Crippen molar-refractivity contribution in [3.05, 3.63) is 109 Å². The van der Waals surface area contributed by atoms with E-state index in [2.05, 4.69) is 59.4 Å². The third-order valence-electron chi connectivity index (χ3n) is 9.48. The number of aromatic carboxylic acids is 1. The third-order valence-corrected chi connectivity index (χ3v) is 12.4. The van der Waals surface area contributed by atoms with Crippen LogP contribution < -0.4 is 5.73 Å². The van der Waals surface area contributed by atoms with Gasteiger partial charge in [0.25, 0.3) is 20.2 Å². The number of azo groups is 3. The van der Waals surface area contributed by atoms with Gasteiger partial charge in [-0.25, -0.2) is 20.3 Å². The molecule has 0 saturated heterocycles. The Hall–Kier alpha value is -7.19. The minimum Gasteiger partial charge on any atom is -0.505 e. The second kappa shape index (κ2) is 19.0. The summed E-state index contributed by atoms with van der Waals surface area (Å²) in [5.74, 6) is -1.95. The Morgan fingerprint density at radius 1 is 0.642 bits per heavy atom. The van der Waals surface area contributed by atoms with Crippen molar-refractivity contribution in [1.29, 1.82) is 0 Å². The number of nitrogens with zero attached hydrogens (tertiary/aromatic N) is 8. The maximum Gasteiger partial charge on any atom is 0.354 e. The van der Waals surface area contributed by atoms with E-state index in [4.69, 9.17) is 16.2 Å². The van der Waals surface area contributed by atoms with E-state index in [1.807, 2.05) is 0 Å². The molecule has 67 heavy (non-hydrogen) atoms. The number of rotatable bonds is 15. The highest BCUT2D eigenvalue weighted by Gasteiger charge is 2.22. The summed E-state index contributed by atoms with van der Waals surface area (Å²) >= 11 is 1.09. The van der Waals surface area contributed by atoms with Crippen LogP contribution in [-0.4, -0.2) is 62.6 Å². The lowest BCUT2D eigenvalue weighted by atomic mass is 10.1. The molecule has 8 aromatic rings. The Morgan fingerprint density at radius 3 is 2.01 bits per heavy atom. The fourth-order valence-corrected chi connectivity index (χ4v) is 8.56. The Bertz CT molecular complexity index is 3660. The summed E-state index contributed by atoms with van der Waals surface area (Å²) in [6.07, 6.45) is 1.49. The largest absolute Gasteiger partial charge is 0.505 e. The lowest BCUT2D eigenvalue weighted by molar-refractivity contribution is -0.432. The Kier molecular flexibility index (Phi) is 13.1. The lowest BCUT2D eigenvalue weighted by Gasteiger charge is -2.12. The van der Waals surface area contributed by atoms with Crippen LogP contribution in [0.4, 0.5) is 39.8 Å². The number of hydrogen-bond donors (Lipinski definition) is 7. The van der Waals surface area contributed by atoms with E-state index in [9.17, 15) is 40.9 Å².